The van der Waals surface area contributed by atoms with E-state index >= 15 is 0 Å². The molecule has 0 fully saturated rings. The van der Waals surface area contributed by atoms with Gasteiger partial charge in [0.25, 0.3) is 10.0 Å². The Kier molecular flexibility index (Phi) is 1.90. The lowest BCUT2D eigenvalue weighted by atomic mass is 10.3. The first-order valence-corrected chi connectivity index (χ1v) is 6.03. The number of nitrogens with one attached hydrogen (secondary N) is 1. The van der Waals surface area contributed by atoms with Crippen molar-refractivity contribution in [2.24, 2.45) is 0 Å². The summed E-state index contributed by atoms with van der Waals surface area (Å²) in [5.41, 5.74) is 5.87. The number of anilines is 2. The van der Waals surface area contributed by atoms with Gasteiger partial charge in [0.1, 0.15) is 5.82 Å². The predicted octanol–water partition coefficient (Wildman–Crippen LogP) is 1.46. The number of nitrogens with two attached hydrogens (primary N) is 1. The Bertz CT molecular complexity index is 794. The van der Waals surface area contributed by atoms with Crippen LogP contribution in [-0.2, 0) is 10.0 Å². The van der Waals surface area contributed by atoms with Gasteiger partial charge in [0, 0.05) is 11.9 Å². The molecule has 0 aliphatic carbocycles. The van der Waals surface area contributed by atoms with Crippen molar-refractivity contribution in [3.8, 4) is 0 Å². The molecule has 3 N–H and O–H groups in total. The maximum atomic E-state index is 12.1. The zero-order valence-electron chi connectivity index (χ0n) is 12.6. The standard InChI is InChI=1S/C11H11N3O2S/c12-9-4-6-10(7-5-9)17(15,16)14-11-3-1-2-8-13-11/h1-8H,12H2,(H,13,14)/i1D,2D,3D,8D. The maximum absolute atomic E-state index is 12.1. The summed E-state index contributed by atoms with van der Waals surface area (Å²) >= 11 is 0. The first kappa shape index (κ1) is 7.29. The fourth-order valence-electron chi connectivity index (χ4n) is 1.11. The Balaban J connectivity index is 2.44. The Labute approximate surface area is 105 Å². The minimum atomic E-state index is -4.01. The van der Waals surface area contributed by atoms with Crippen LogP contribution in [0.3, 0.4) is 0 Å². The van der Waals surface area contributed by atoms with Crippen molar-refractivity contribution in [3.63, 3.8) is 0 Å². The van der Waals surface area contributed by atoms with E-state index in [4.69, 9.17) is 11.2 Å². The number of nitrogens with zero attached hydrogens (tertiary/aromatic N) is 1. The van der Waals surface area contributed by atoms with Crippen molar-refractivity contribution in [2.75, 3.05) is 10.5 Å². The quantitative estimate of drug-likeness (QED) is 0.811. The molecule has 1 aromatic heterocycles. The molecule has 0 amide bonds. The van der Waals surface area contributed by atoms with Crippen molar-refractivity contribution in [3.05, 3.63) is 48.6 Å². The molecular weight excluding hydrogens is 238 g/mol. The lowest BCUT2D eigenvalue weighted by Crippen LogP contribution is -2.13. The molecule has 0 aliphatic heterocycles. The number of hydrogen-bond acceptors (Lipinski definition) is 4. The van der Waals surface area contributed by atoms with E-state index in [1.165, 1.54) is 24.3 Å². The first-order valence-electron chi connectivity index (χ1n) is 6.55. The van der Waals surface area contributed by atoms with Gasteiger partial charge in [-0.25, -0.2) is 13.4 Å². The molecule has 5 nitrogen and oxygen atoms in total. The van der Waals surface area contributed by atoms with Crippen LogP contribution in [0.25, 0.3) is 0 Å². The Morgan fingerprint density at radius 1 is 1.24 bits per heavy atom. The number of aromatic nitrogens is 1. The fraction of sp³-hybridized carbons (Fsp3) is 0. The maximum Gasteiger partial charge on any atom is 0.263 e. The molecule has 2 aromatic rings. The molecule has 0 atom stereocenters. The van der Waals surface area contributed by atoms with Gasteiger partial charge in [-0.05, 0) is 36.4 Å². The van der Waals surface area contributed by atoms with Crippen molar-refractivity contribution in [1.82, 2.24) is 4.98 Å². The van der Waals surface area contributed by atoms with Gasteiger partial charge < -0.3 is 5.73 Å². The minimum absolute atomic E-state index is 0.0917. The number of pyridine rings is 1. The molecule has 1 heterocycles. The lowest BCUT2D eigenvalue weighted by Gasteiger charge is -2.06. The molecule has 88 valence electrons. The summed E-state index contributed by atoms with van der Waals surface area (Å²) < 4.78 is 56.1. The highest BCUT2D eigenvalue weighted by molar-refractivity contribution is 7.92. The van der Waals surface area contributed by atoms with E-state index < -0.39 is 40.1 Å². The number of hydrogen-bond donors (Lipinski definition) is 2. The smallest absolute Gasteiger partial charge is 0.263 e. The summed E-state index contributed by atoms with van der Waals surface area (Å²) in [5, 5.41) is 0. The third kappa shape index (κ3) is 2.73. The minimum Gasteiger partial charge on any atom is -0.399 e. The molecule has 17 heavy (non-hydrogen) atoms. The summed E-state index contributed by atoms with van der Waals surface area (Å²) in [7, 11) is -4.01. The highest BCUT2D eigenvalue weighted by atomic mass is 32.2. The molecule has 0 spiro atoms. The Morgan fingerprint density at radius 2 is 1.94 bits per heavy atom. The highest BCUT2D eigenvalue weighted by Crippen LogP contribution is 2.15. The van der Waals surface area contributed by atoms with Crippen LogP contribution in [0.4, 0.5) is 11.5 Å². The summed E-state index contributed by atoms with van der Waals surface area (Å²) in [4.78, 5) is 3.43. The van der Waals surface area contributed by atoms with Crippen molar-refractivity contribution < 1.29 is 13.9 Å². The van der Waals surface area contributed by atoms with E-state index in [9.17, 15) is 8.42 Å². The van der Waals surface area contributed by atoms with E-state index in [1.54, 1.807) is 0 Å². The summed E-state index contributed by atoms with van der Waals surface area (Å²) in [6.07, 6.45) is -0.578. The molecule has 1 aromatic carbocycles. The largest absolute Gasteiger partial charge is 0.399 e. The van der Waals surface area contributed by atoms with Crippen LogP contribution in [-0.4, -0.2) is 13.4 Å². The molecule has 2 rings (SSSR count). The predicted molar refractivity (Wildman–Crippen MR) is 65.9 cm³/mol. The average Bonchev–Trinajstić information content (AvgIpc) is 2.42. The van der Waals surface area contributed by atoms with Crippen LogP contribution in [0.2, 0.25) is 0 Å². The van der Waals surface area contributed by atoms with E-state index in [0.717, 1.165) is 0 Å². The van der Waals surface area contributed by atoms with Gasteiger partial charge in [-0.3, -0.25) is 4.72 Å². The van der Waals surface area contributed by atoms with E-state index in [1.807, 2.05) is 4.72 Å². The molecule has 0 unspecified atom stereocenters. The molecule has 6 heteroatoms. The van der Waals surface area contributed by atoms with Crippen molar-refractivity contribution in [1.29, 1.82) is 0 Å². The number of sulfonamides is 1. The average molecular weight is 253 g/mol. The Hall–Kier alpha value is -2.08. The second kappa shape index (κ2) is 4.42. The van der Waals surface area contributed by atoms with E-state index in [2.05, 4.69) is 4.98 Å². The van der Waals surface area contributed by atoms with Gasteiger partial charge >= 0.3 is 0 Å². The van der Waals surface area contributed by atoms with Gasteiger partial charge in [-0.15, -0.1) is 0 Å². The first-order chi connectivity index (χ1) is 9.72. The topological polar surface area (TPSA) is 85.1 Å². The summed E-state index contributed by atoms with van der Waals surface area (Å²) in [6.45, 7) is 0. The Morgan fingerprint density at radius 3 is 2.65 bits per heavy atom. The van der Waals surface area contributed by atoms with Crippen molar-refractivity contribution in [2.45, 2.75) is 4.90 Å². The van der Waals surface area contributed by atoms with Crippen LogP contribution < -0.4 is 10.5 Å². The van der Waals surface area contributed by atoms with Crippen LogP contribution in [0.1, 0.15) is 5.48 Å². The van der Waals surface area contributed by atoms with Crippen LogP contribution >= 0.6 is 0 Å². The van der Waals surface area contributed by atoms with E-state index in [0.29, 0.717) is 5.69 Å². The van der Waals surface area contributed by atoms with Gasteiger partial charge in [-0.2, -0.15) is 0 Å². The molecule has 0 aliphatic rings. The molecule has 0 saturated carbocycles. The monoisotopic (exact) mass is 253 g/mol. The summed E-state index contributed by atoms with van der Waals surface area (Å²) in [6, 6.07) is 3.72. The van der Waals surface area contributed by atoms with Gasteiger partial charge in [-0.1, -0.05) is 6.04 Å². The SMILES string of the molecule is [2H]c1nc(NS(=O)(=O)c2ccc(N)cc2)c([2H])c([2H])c1[2H]. The highest BCUT2D eigenvalue weighted by Gasteiger charge is 2.13. The molecule has 0 bridgehead atoms. The molecule has 0 radical (unpaired) electrons. The van der Waals surface area contributed by atoms with Gasteiger partial charge in [0.15, 0.2) is 0 Å². The third-order valence-electron chi connectivity index (χ3n) is 1.89. The zero-order chi connectivity index (χ0) is 15.8. The third-order valence-corrected chi connectivity index (χ3v) is 3.24. The van der Waals surface area contributed by atoms with Gasteiger partial charge in [0.05, 0.1) is 10.4 Å². The summed E-state index contributed by atoms with van der Waals surface area (Å²) in [5.74, 6) is -0.460. The normalized spacial score (nSPS) is 14.4. The van der Waals surface area contributed by atoms with Crippen LogP contribution in [0, 0.1) is 0 Å². The number of benzene rings is 1. The molecular formula is C11H11N3O2S. The van der Waals surface area contributed by atoms with Gasteiger partial charge in [0.2, 0.25) is 0 Å². The lowest BCUT2D eigenvalue weighted by molar-refractivity contribution is 0.601. The fourth-order valence-corrected chi connectivity index (χ4v) is 2.08. The molecule has 0 saturated heterocycles. The van der Waals surface area contributed by atoms with Crippen LogP contribution in [0.15, 0.2) is 53.5 Å². The second-order valence-electron chi connectivity index (χ2n) is 3.12. The van der Waals surface area contributed by atoms with E-state index in [-0.39, 0.29) is 4.90 Å². The van der Waals surface area contributed by atoms with Crippen LogP contribution in [0.5, 0.6) is 0 Å². The van der Waals surface area contributed by atoms with Crippen molar-refractivity contribution >= 4 is 21.5 Å². The number of nitrogen functional groups attached to an aromatic ring is 1. The second-order valence-corrected chi connectivity index (χ2v) is 4.80. The zero-order valence-corrected chi connectivity index (χ0v) is 9.38. The number of rotatable bonds is 3.